The van der Waals surface area contributed by atoms with Gasteiger partial charge in [0.05, 0.1) is 0 Å². The van der Waals surface area contributed by atoms with Crippen LogP contribution in [-0.4, -0.2) is 38.5 Å². The molecule has 1 amide bonds. The van der Waals surface area contributed by atoms with E-state index in [1.165, 1.54) is 11.3 Å². The van der Waals surface area contributed by atoms with Gasteiger partial charge in [-0.1, -0.05) is 40.2 Å². The van der Waals surface area contributed by atoms with Crippen molar-refractivity contribution in [2.24, 2.45) is 4.99 Å². The molecule has 0 fully saturated rings. The standard InChI is InChI=1S/C19H21BrN4O/c1-21-19(24-12-9-14-5-2-3-8-17(14)24)23-11-10-22-18(25)15-6-4-7-16(20)13-15/h2-8,13H,9-12H2,1H3,(H,21,23)(H,22,25). The topological polar surface area (TPSA) is 56.7 Å². The number of anilines is 1. The highest BCUT2D eigenvalue weighted by Gasteiger charge is 2.22. The van der Waals surface area contributed by atoms with Crippen molar-refractivity contribution in [3.05, 3.63) is 64.1 Å². The van der Waals surface area contributed by atoms with Crippen molar-refractivity contribution in [2.75, 3.05) is 31.6 Å². The SMILES string of the molecule is CN=C(NCCNC(=O)c1cccc(Br)c1)N1CCc2ccccc21. The van der Waals surface area contributed by atoms with Crippen LogP contribution in [0.4, 0.5) is 5.69 Å². The lowest BCUT2D eigenvalue weighted by Crippen LogP contribution is -2.43. The van der Waals surface area contributed by atoms with Gasteiger partial charge in [-0.15, -0.1) is 0 Å². The van der Waals surface area contributed by atoms with Crippen LogP contribution in [0, 0.1) is 0 Å². The van der Waals surface area contributed by atoms with Crippen LogP contribution < -0.4 is 15.5 Å². The van der Waals surface area contributed by atoms with E-state index in [4.69, 9.17) is 0 Å². The van der Waals surface area contributed by atoms with Crippen LogP contribution in [0.1, 0.15) is 15.9 Å². The molecule has 0 saturated carbocycles. The maximum absolute atomic E-state index is 12.1. The Bertz CT molecular complexity index is 790. The van der Waals surface area contributed by atoms with Crippen LogP contribution >= 0.6 is 15.9 Å². The molecule has 0 spiro atoms. The number of amides is 1. The minimum atomic E-state index is -0.0791. The minimum absolute atomic E-state index is 0.0791. The number of nitrogens with one attached hydrogen (secondary N) is 2. The molecule has 0 saturated heterocycles. The van der Waals surface area contributed by atoms with Gasteiger partial charge in [-0.2, -0.15) is 0 Å². The summed E-state index contributed by atoms with van der Waals surface area (Å²) in [5, 5.41) is 6.24. The van der Waals surface area contributed by atoms with Gasteiger partial charge in [-0.25, -0.2) is 0 Å². The molecule has 1 aliphatic heterocycles. The number of para-hydroxylation sites is 1. The monoisotopic (exact) mass is 400 g/mol. The van der Waals surface area contributed by atoms with Crippen molar-refractivity contribution >= 4 is 33.5 Å². The first-order chi connectivity index (χ1) is 12.2. The quantitative estimate of drug-likeness (QED) is 0.471. The number of benzene rings is 2. The average molecular weight is 401 g/mol. The van der Waals surface area contributed by atoms with Gasteiger partial charge >= 0.3 is 0 Å². The number of fused-ring (bicyclic) bond motifs is 1. The van der Waals surface area contributed by atoms with E-state index in [2.05, 4.69) is 54.7 Å². The highest BCUT2D eigenvalue weighted by molar-refractivity contribution is 9.10. The van der Waals surface area contributed by atoms with Gasteiger partial charge in [-0.05, 0) is 36.2 Å². The number of guanidine groups is 1. The van der Waals surface area contributed by atoms with Gasteiger partial charge in [0.2, 0.25) is 0 Å². The van der Waals surface area contributed by atoms with E-state index in [-0.39, 0.29) is 5.91 Å². The Hall–Kier alpha value is -2.34. The third kappa shape index (κ3) is 4.20. The summed E-state index contributed by atoms with van der Waals surface area (Å²) >= 11 is 3.38. The Labute approximate surface area is 156 Å². The molecule has 130 valence electrons. The van der Waals surface area contributed by atoms with E-state index in [0.717, 1.165) is 23.4 Å². The van der Waals surface area contributed by atoms with Crippen molar-refractivity contribution in [1.29, 1.82) is 0 Å². The average Bonchev–Trinajstić information content (AvgIpc) is 3.06. The van der Waals surface area contributed by atoms with Gasteiger partial charge in [0.25, 0.3) is 5.91 Å². The van der Waals surface area contributed by atoms with Gasteiger partial charge in [0, 0.05) is 42.4 Å². The summed E-state index contributed by atoms with van der Waals surface area (Å²) in [6.45, 7) is 2.06. The number of carbonyl (C=O) groups excluding carboxylic acids is 1. The normalized spacial score (nSPS) is 13.5. The first-order valence-corrected chi connectivity index (χ1v) is 9.08. The number of carbonyl (C=O) groups is 1. The number of aliphatic imine (C=N–C) groups is 1. The van der Waals surface area contributed by atoms with Gasteiger partial charge < -0.3 is 15.5 Å². The van der Waals surface area contributed by atoms with Gasteiger partial charge in [0.15, 0.2) is 5.96 Å². The molecule has 1 aliphatic rings. The fourth-order valence-corrected chi connectivity index (χ4v) is 3.33. The van der Waals surface area contributed by atoms with Crippen molar-refractivity contribution in [3.63, 3.8) is 0 Å². The Balaban J connectivity index is 1.51. The maximum atomic E-state index is 12.1. The van der Waals surface area contributed by atoms with Crippen molar-refractivity contribution < 1.29 is 4.79 Å². The molecule has 0 aliphatic carbocycles. The second kappa shape index (κ2) is 8.16. The largest absolute Gasteiger partial charge is 0.354 e. The second-order valence-corrected chi connectivity index (χ2v) is 6.69. The molecule has 2 N–H and O–H groups in total. The number of halogens is 1. The van der Waals surface area contributed by atoms with E-state index in [9.17, 15) is 4.79 Å². The highest BCUT2D eigenvalue weighted by atomic mass is 79.9. The Morgan fingerprint density at radius 2 is 1.96 bits per heavy atom. The van der Waals surface area contributed by atoms with E-state index in [0.29, 0.717) is 18.7 Å². The van der Waals surface area contributed by atoms with Crippen molar-refractivity contribution in [1.82, 2.24) is 10.6 Å². The highest BCUT2D eigenvalue weighted by Crippen LogP contribution is 2.27. The summed E-state index contributed by atoms with van der Waals surface area (Å²) in [5.74, 6) is 0.756. The molecule has 0 radical (unpaired) electrons. The van der Waals surface area contributed by atoms with Gasteiger partial charge in [0.1, 0.15) is 0 Å². The zero-order valence-electron chi connectivity index (χ0n) is 14.1. The summed E-state index contributed by atoms with van der Waals surface area (Å²) in [5.41, 5.74) is 3.19. The summed E-state index contributed by atoms with van der Waals surface area (Å²) in [4.78, 5) is 18.7. The molecule has 0 aromatic heterocycles. The zero-order chi connectivity index (χ0) is 17.6. The number of hydrogen-bond donors (Lipinski definition) is 2. The van der Waals surface area contributed by atoms with Crippen molar-refractivity contribution in [3.8, 4) is 0 Å². The summed E-state index contributed by atoms with van der Waals surface area (Å²) in [6.07, 6.45) is 1.02. The molecular formula is C19H21BrN4O. The molecule has 2 aromatic rings. The molecule has 0 unspecified atom stereocenters. The molecule has 0 bridgehead atoms. The van der Waals surface area contributed by atoms with Crippen LogP contribution in [0.2, 0.25) is 0 Å². The van der Waals surface area contributed by atoms with Crippen LogP contribution in [0.3, 0.4) is 0 Å². The molecule has 3 rings (SSSR count). The van der Waals surface area contributed by atoms with E-state index in [1.54, 1.807) is 13.1 Å². The molecular weight excluding hydrogens is 380 g/mol. The Morgan fingerprint density at radius 3 is 2.76 bits per heavy atom. The molecule has 2 aromatic carbocycles. The van der Waals surface area contributed by atoms with Crippen molar-refractivity contribution in [2.45, 2.75) is 6.42 Å². The molecule has 5 nitrogen and oxygen atoms in total. The predicted octanol–water partition coefficient (Wildman–Crippen LogP) is 2.82. The summed E-state index contributed by atoms with van der Waals surface area (Å²) < 4.78 is 0.895. The van der Waals surface area contributed by atoms with Crippen LogP contribution in [0.25, 0.3) is 0 Å². The Morgan fingerprint density at radius 1 is 1.16 bits per heavy atom. The van der Waals surface area contributed by atoms with E-state index < -0.39 is 0 Å². The molecule has 25 heavy (non-hydrogen) atoms. The smallest absolute Gasteiger partial charge is 0.251 e. The lowest BCUT2D eigenvalue weighted by molar-refractivity contribution is 0.0954. The first-order valence-electron chi connectivity index (χ1n) is 8.29. The fraction of sp³-hybridized carbons (Fsp3) is 0.263. The molecule has 1 heterocycles. The third-order valence-corrected chi connectivity index (χ3v) is 4.63. The molecule has 6 heteroatoms. The summed E-state index contributed by atoms with van der Waals surface area (Å²) in [7, 11) is 1.78. The Kier molecular flexibility index (Phi) is 5.71. The summed E-state index contributed by atoms with van der Waals surface area (Å²) in [6, 6.07) is 15.7. The van der Waals surface area contributed by atoms with Crippen LogP contribution in [0.15, 0.2) is 58.0 Å². The second-order valence-electron chi connectivity index (χ2n) is 5.77. The molecule has 0 atom stereocenters. The predicted molar refractivity (Wildman–Crippen MR) is 105 cm³/mol. The zero-order valence-corrected chi connectivity index (χ0v) is 15.7. The number of hydrogen-bond acceptors (Lipinski definition) is 2. The minimum Gasteiger partial charge on any atom is -0.354 e. The van der Waals surface area contributed by atoms with E-state index >= 15 is 0 Å². The third-order valence-electron chi connectivity index (χ3n) is 4.14. The van der Waals surface area contributed by atoms with Crippen LogP contribution in [0.5, 0.6) is 0 Å². The van der Waals surface area contributed by atoms with Gasteiger partial charge in [-0.3, -0.25) is 9.79 Å². The fourth-order valence-electron chi connectivity index (χ4n) is 2.94. The maximum Gasteiger partial charge on any atom is 0.251 e. The lowest BCUT2D eigenvalue weighted by atomic mass is 10.2. The lowest BCUT2D eigenvalue weighted by Gasteiger charge is -2.22. The van der Waals surface area contributed by atoms with Crippen LogP contribution in [-0.2, 0) is 6.42 Å². The number of nitrogens with zero attached hydrogens (tertiary/aromatic N) is 2. The van der Waals surface area contributed by atoms with E-state index in [1.807, 2.05) is 24.3 Å². The number of rotatable bonds is 4. The first kappa shape index (κ1) is 17.5.